The molecular weight excluding hydrogens is 284 g/mol. The third-order valence-electron chi connectivity index (χ3n) is 4.25. The van der Waals surface area contributed by atoms with Crippen molar-refractivity contribution in [3.8, 4) is 0 Å². The summed E-state index contributed by atoms with van der Waals surface area (Å²) in [5, 5.41) is 1.09. The van der Waals surface area contributed by atoms with Crippen LogP contribution in [0.25, 0.3) is 21.1 Å². The van der Waals surface area contributed by atoms with E-state index in [9.17, 15) is 4.79 Å². The molecule has 1 aliphatic carbocycles. The Labute approximate surface area is 125 Å². The lowest BCUT2D eigenvalue weighted by Crippen LogP contribution is -2.16. The van der Waals surface area contributed by atoms with Crippen LogP contribution in [0.1, 0.15) is 43.8 Å². The van der Waals surface area contributed by atoms with Crippen LogP contribution in [0.4, 0.5) is 5.13 Å². The molecule has 2 heterocycles. The summed E-state index contributed by atoms with van der Waals surface area (Å²) in [6.07, 6.45) is 5.96. The predicted octanol–water partition coefficient (Wildman–Crippen LogP) is 3.16. The standard InChI is InChI=1S/C15H16N4OS/c16-15-18-10-7-6-9-11(12(10)21-15)14(20)19-13(17-9)8-4-2-1-3-5-8/h6-8H,1-5H2,(H2,16,18)(H,17,19,20). The molecule has 3 N–H and O–H groups in total. The van der Waals surface area contributed by atoms with Crippen LogP contribution in [0.2, 0.25) is 0 Å². The zero-order valence-corrected chi connectivity index (χ0v) is 12.4. The molecular formula is C15H16N4OS. The lowest BCUT2D eigenvalue weighted by molar-refractivity contribution is 0.429. The summed E-state index contributed by atoms with van der Waals surface area (Å²) in [6, 6.07) is 3.76. The summed E-state index contributed by atoms with van der Waals surface area (Å²) in [6.45, 7) is 0. The number of aromatic amines is 1. The average Bonchev–Trinajstić information content (AvgIpc) is 2.88. The van der Waals surface area contributed by atoms with E-state index in [1.54, 1.807) is 0 Å². The van der Waals surface area contributed by atoms with Crippen LogP contribution in [0, 0.1) is 0 Å². The molecule has 4 rings (SSSR count). The van der Waals surface area contributed by atoms with Crippen LogP contribution in [-0.2, 0) is 0 Å². The lowest BCUT2D eigenvalue weighted by Gasteiger charge is -2.20. The Bertz CT molecular complexity index is 876. The molecule has 0 amide bonds. The maximum absolute atomic E-state index is 12.5. The van der Waals surface area contributed by atoms with E-state index in [1.165, 1.54) is 30.6 Å². The van der Waals surface area contributed by atoms with Gasteiger partial charge in [-0.2, -0.15) is 0 Å². The first-order valence-electron chi connectivity index (χ1n) is 7.31. The topological polar surface area (TPSA) is 84.7 Å². The van der Waals surface area contributed by atoms with Gasteiger partial charge in [-0.05, 0) is 25.0 Å². The number of benzene rings is 1. The van der Waals surface area contributed by atoms with E-state index in [0.29, 0.717) is 16.4 Å². The van der Waals surface area contributed by atoms with Crippen molar-refractivity contribution in [2.24, 2.45) is 0 Å². The first-order valence-corrected chi connectivity index (χ1v) is 8.13. The van der Waals surface area contributed by atoms with Gasteiger partial charge in [-0.3, -0.25) is 4.79 Å². The molecule has 0 saturated heterocycles. The third-order valence-corrected chi connectivity index (χ3v) is 5.17. The number of hydrogen-bond acceptors (Lipinski definition) is 5. The van der Waals surface area contributed by atoms with Gasteiger partial charge in [0.15, 0.2) is 5.13 Å². The van der Waals surface area contributed by atoms with Crippen molar-refractivity contribution in [2.45, 2.75) is 38.0 Å². The molecule has 1 fully saturated rings. The summed E-state index contributed by atoms with van der Waals surface area (Å²) >= 11 is 1.34. The fourth-order valence-corrected chi connectivity index (χ4v) is 4.09. The van der Waals surface area contributed by atoms with Gasteiger partial charge in [0, 0.05) is 5.92 Å². The molecule has 1 saturated carbocycles. The molecule has 3 aromatic rings. The number of nitrogens with two attached hydrogens (primary N) is 1. The number of H-pyrrole nitrogens is 1. The van der Waals surface area contributed by atoms with Crippen LogP contribution in [-0.4, -0.2) is 15.0 Å². The van der Waals surface area contributed by atoms with Gasteiger partial charge in [0.2, 0.25) is 0 Å². The Morgan fingerprint density at radius 3 is 2.71 bits per heavy atom. The smallest absolute Gasteiger partial charge is 0.260 e. The van der Waals surface area contributed by atoms with Crippen molar-refractivity contribution in [1.82, 2.24) is 15.0 Å². The van der Waals surface area contributed by atoms with Crippen LogP contribution in [0.5, 0.6) is 0 Å². The normalized spacial score (nSPS) is 16.8. The van der Waals surface area contributed by atoms with E-state index >= 15 is 0 Å². The molecule has 0 aliphatic heterocycles. The number of fused-ring (bicyclic) bond motifs is 3. The number of anilines is 1. The SMILES string of the molecule is Nc1nc2ccc3nc(C4CCCCC4)[nH]c(=O)c3c2s1. The molecule has 0 atom stereocenters. The summed E-state index contributed by atoms with van der Waals surface area (Å²) in [5.41, 5.74) is 7.19. The number of rotatable bonds is 1. The zero-order chi connectivity index (χ0) is 14.4. The highest BCUT2D eigenvalue weighted by atomic mass is 32.1. The van der Waals surface area contributed by atoms with E-state index in [0.717, 1.165) is 34.4 Å². The fraction of sp³-hybridized carbons (Fsp3) is 0.400. The average molecular weight is 300 g/mol. The van der Waals surface area contributed by atoms with Gasteiger partial charge in [0.25, 0.3) is 5.56 Å². The summed E-state index contributed by atoms with van der Waals surface area (Å²) in [4.78, 5) is 24.4. The summed E-state index contributed by atoms with van der Waals surface area (Å²) in [7, 11) is 0. The van der Waals surface area contributed by atoms with E-state index in [4.69, 9.17) is 10.7 Å². The molecule has 0 radical (unpaired) electrons. The maximum Gasteiger partial charge on any atom is 0.260 e. The van der Waals surface area contributed by atoms with Crippen molar-refractivity contribution in [1.29, 1.82) is 0 Å². The zero-order valence-electron chi connectivity index (χ0n) is 11.6. The van der Waals surface area contributed by atoms with Crippen LogP contribution < -0.4 is 11.3 Å². The molecule has 21 heavy (non-hydrogen) atoms. The van der Waals surface area contributed by atoms with Crippen LogP contribution in [0.3, 0.4) is 0 Å². The number of nitrogens with one attached hydrogen (secondary N) is 1. The summed E-state index contributed by atoms with van der Waals surface area (Å²) < 4.78 is 0.828. The van der Waals surface area contributed by atoms with Crippen molar-refractivity contribution < 1.29 is 0 Å². The van der Waals surface area contributed by atoms with Gasteiger partial charge >= 0.3 is 0 Å². The van der Waals surface area contributed by atoms with E-state index < -0.39 is 0 Å². The van der Waals surface area contributed by atoms with Crippen molar-refractivity contribution >= 4 is 37.6 Å². The number of nitrogens with zero attached hydrogens (tertiary/aromatic N) is 2. The molecule has 5 nitrogen and oxygen atoms in total. The number of thiazole rings is 1. The Balaban J connectivity index is 1.94. The van der Waals surface area contributed by atoms with Crippen LogP contribution in [0.15, 0.2) is 16.9 Å². The van der Waals surface area contributed by atoms with Gasteiger partial charge in [0.1, 0.15) is 5.82 Å². The quantitative estimate of drug-likeness (QED) is 0.723. The van der Waals surface area contributed by atoms with Crippen molar-refractivity contribution in [3.63, 3.8) is 0 Å². The molecule has 0 spiro atoms. The second kappa shape index (κ2) is 4.80. The highest BCUT2D eigenvalue weighted by Crippen LogP contribution is 2.32. The van der Waals surface area contributed by atoms with Gasteiger partial charge in [-0.1, -0.05) is 30.6 Å². The lowest BCUT2D eigenvalue weighted by atomic mass is 9.88. The van der Waals surface area contributed by atoms with E-state index in [2.05, 4.69) is 9.97 Å². The Morgan fingerprint density at radius 1 is 1.14 bits per heavy atom. The first-order chi connectivity index (χ1) is 10.2. The minimum absolute atomic E-state index is 0.0742. The first kappa shape index (κ1) is 12.8. The van der Waals surface area contributed by atoms with Crippen molar-refractivity contribution in [3.05, 3.63) is 28.3 Å². The van der Waals surface area contributed by atoms with Gasteiger partial charge < -0.3 is 10.7 Å². The molecule has 0 bridgehead atoms. The summed E-state index contributed by atoms with van der Waals surface area (Å²) in [5.74, 6) is 1.22. The largest absolute Gasteiger partial charge is 0.375 e. The second-order valence-electron chi connectivity index (χ2n) is 5.65. The molecule has 1 aliphatic rings. The predicted molar refractivity (Wildman–Crippen MR) is 85.8 cm³/mol. The van der Waals surface area contributed by atoms with E-state index in [1.807, 2.05) is 12.1 Å². The minimum atomic E-state index is -0.0742. The molecule has 1 aromatic carbocycles. The van der Waals surface area contributed by atoms with E-state index in [-0.39, 0.29) is 5.56 Å². The molecule has 2 aromatic heterocycles. The molecule has 6 heteroatoms. The minimum Gasteiger partial charge on any atom is -0.375 e. The van der Waals surface area contributed by atoms with Crippen molar-refractivity contribution in [2.75, 3.05) is 5.73 Å². The van der Waals surface area contributed by atoms with Gasteiger partial charge in [-0.25, -0.2) is 9.97 Å². The number of nitrogen functional groups attached to an aromatic ring is 1. The Morgan fingerprint density at radius 2 is 1.90 bits per heavy atom. The number of aromatic nitrogens is 3. The maximum atomic E-state index is 12.5. The van der Waals surface area contributed by atoms with Gasteiger partial charge in [-0.15, -0.1) is 0 Å². The van der Waals surface area contributed by atoms with Crippen LogP contribution >= 0.6 is 11.3 Å². The Kier molecular flexibility index (Phi) is 2.92. The Hall–Kier alpha value is -1.95. The molecule has 108 valence electrons. The highest BCUT2D eigenvalue weighted by molar-refractivity contribution is 7.22. The molecule has 0 unspecified atom stereocenters. The second-order valence-corrected chi connectivity index (χ2v) is 6.68. The highest BCUT2D eigenvalue weighted by Gasteiger charge is 2.19. The monoisotopic (exact) mass is 300 g/mol. The number of hydrogen-bond donors (Lipinski definition) is 2. The fourth-order valence-electron chi connectivity index (χ4n) is 3.22. The third kappa shape index (κ3) is 2.10. The van der Waals surface area contributed by atoms with Gasteiger partial charge in [0.05, 0.1) is 21.1 Å².